The molecule has 0 radical (unpaired) electrons. The molecule has 47 heavy (non-hydrogen) atoms. The fraction of sp³-hybridized carbons (Fsp3) is 0.364. The molecule has 6 N–H and O–H groups in total. The number of nitrogen functional groups attached to an aromatic ring is 1. The number of nitrogens with zero attached hydrogens (tertiary/aromatic N) is 3. The minimum absolute atomic E-state index is 0.0447. The first-order chi connectivity index (χ1) is 22.3. The highest BCUT2D eigenvalue weighted by molar-refractivity contribution is 6.31. The molecule has 1 fully saturated rings. The number of carbonyl (C=O) groups is 2. The maximum atomic E-state index is 12.2. The summed E-state index contributed by atoms with van der Waals surface area (Å²) in [7, 11) is 4.99. The number of anilines is 3. The number of hydrogen-bond donors (Lipinski definition) is 5. The van der Waals surface area contributed by atoms with E-state index in [0.29, 0.717) is 30.1 Å². The van der Waals surface area contributed by atoms with Gasteiger partial charge < -0.3 is 31.2 Å². The van der Waals surface area contributed by atoms with E-state index < -0.39 is 16.8 Å². The quantitative estimate of drug-likeness (QED) is 0.125. The van der Waals surface area contributed by atoms with E-state index in [4.69, 9.17) is 27.9 Å². The van der Waals surface area contributed by atoms with Crippen LogP contribution in [0.3, 0.4) is 0 Å². The normalized spacial score (nSPS) is 12.6. The standard InChI is InChI=1S/C21H27N7.C8H4ClF3O.C3H6O.CH4O/c1-14-4-6-17(24-2)12-15(14)5-7-18(22)19-20(23)25-13-26-21(19)27-16-8-10-28(3)11-9-16;9-7-2-1-5(4-13)3-6(7)8(10,11)12;1-2-3-4;1-2/h4,6,12-13,16,22,24H,8-11H2,1-3H3,(H3,23,25,26,27);1-4H;3H,2H2,1H3;2H,1H3. The van der Waals surface area contributed by atoms with Gasteiger partial charge in [0.15, 0.2) is 0 Å². The van der Waals surface area contributed by atoms with Crippen molar-refractivity contribution in [1.82, 2.24) is 14.9 Å². The van der Waals surface area contributed by atoms with Crippen LogP contribution in [0.4, 0.5) is 30.5 Å². The average molecular weight is 676 g/mol. The van der Waals surface area contributed by atoms with Gasteiger partial charge in [-0.3, -0.25) is 10.2 Å². The Kier molecular flexibility index (Phi) is 17.7. The first-order valence-corrected chi connectivity index (χ1v) is 14.9. The lowest BCUT2D eigenvalue weighted by Gasteiger charge is -2.30. The minimum Gasteiger partial charge on any atom is -0.400 e. The second-order valence-electron chi connectivity index (χ2n) is 10.0. The summed E-state index contributed by atoms with van der Waals surface area (Å²) in [6, 6.07) is 9.27. The molecule has 2 aromatic carbocycles. The fourth-order valence-corrected chi connectivity index (χ4v) is 4.26. The number of nitrogens with one attached hydrogen (secondary N) is 3. The molecule has 0 bridgehead atoms. The number of carbonyl (C=O) groups excluding carboxylic acids is 2. The van der Waals surface area contributed by atoms with Crippen molar-refractivity contribution < 1.29 is 27.9 Å². The molecule has 0 spiro atoms. The van der Waals surface area contributed by atoms with Crippen molar-refractivity contribution >= 4 is 47.2 Å². The van der Waals surface area contributed by atoms with Crippen LogP contribution in [0.2, 0.25) is 5.02 Å². The number of aryl methyl sites for hydroxylation is 1. The Labute approximate surface area is 278 Å². The highest BCUT2D eigenvalue weighted by Gasteiger charge is 2.33. The Hall–Kier alpha value is -4.51. The maximum absolute atomic E-state index is 12.2. The monoisotopic (exact) mass is 675 g/mol. The summed E-state index contributed by atoms with van der Waals surface area (Å²) in [6.45, 7) is 5.88. The summed E-state index contributed by atoms with van der Waals surface area (Å²) in [5, 5.41) is 21.6. The number of hydrogen-bond acceptors (Lipinski definition) is 10. The van der Waals surface area contributed by atoms with Crippen LogP contribution in [0.15, 0.2) is 42.7 Å². The van der Waals surface area contributed by atoms with Crippen LogP contribution in [0.25, 0.3) is 0 Å². The molecule has 0 amide bonds. The predicted molar refractivity (Wildman–Crippen MR) is 181 cm³/mol. The third-order valence-electron chi connectivity index (χ3n) is 6.63. The topological polar surface area (TPSA) is 157 Å². The Morgan fingerprint density at radius 3 is 2.36 bits per heavy atom. The van der Waals surface area contributed by atoms with Gasteiger partial charge in [0.05, 0.1) is 16.1 Å². The van der Waals surface area contributed by atoms with Crippen LogP contribution in [0, 0.1) is 24.2 Å². The van der Waals surface area contributed by atoms with Gasteiger partial charge in [0.2, 0.25) is 0 Å². The van der Waals surface area contributed by atoms with E-state index in [9.17, 15) is 22.8 Å². The Morgan fingerprint density at radius 2 is 1.81 bits per heavy atom. The van der Waals surface area contributed by atoms with Gasteiger partial charge in [0.1, 0.15) is 36.2 Å². The van der Waals surface area contributed by atoms with E-state index in [1.807, 2.05) is 39.1 Å². The van der Waals surface area contributed by atoms with E-state index in [1.54, 1.807) is 0 Å². The van der Waals surface area contributed by atoms with Crippen LogP contribution < -0.4 is 16.4 Å². The zero-order valence-corrected chi connectivity index (χ0v) is 27.8. The van der Waals surface area contributed by atoms with Crippen molar-refractivity contribution in [2.75, 3.05) is 50.7 Å². The lowest BCUT2D eigenvalue weighted by Crippen LogP contribution is -2.37. The summed E-state index contributed by atoms with van der Waals surface area (Å²) in [4.78, 5) is 30.1. The number of aromatic nitrogens is 2. The summed E-state index contributed by atoms with van der Waals surface area (Å²) >= 11 is 5.30. The van der Waals surface area contributed by atoms with E-state index in [2.05, 4.69) is 44.4 Å². The van der Waals surface area contributed by atoms with Crippen LogP contribution in [-0.4, -0.2) is 78.6 Å². The highest BCUT2D eigenvalue weighted by Crippen LogP contribution is 2.34. The predicted octanol–water partition coefficient (Wildman–Crippen LogP) is 5.71. The van der Waals surface area contributed by atoms with Crippen LogP contribution in [-0.2, 0) is 11.0 Å². The number of halogens is 4. The molecule has 14 heteroatoms. The second-order valence-corrected chi connectivity index (χ2v) is 10.4. The Bertz CT molecular complexity index is 1530. The second kappa shape index (κ2) is 20.6. The number of aliphatic hydroxyl groups excluding tert-OH is 1. The van der Waals surface area contributed by atoms with E-state index in [1.165, 1.54) is 12.4 Å². The molecule has 3 aromatic rings. The van der Waals surface area contributed by atoms with Crippen LogP contribution in [0.1, 0.15) is 58.8 Å². The number of nitrogens with two attached hydrogens (primary N) is 1. The van der Waals surface area contributed by atoms with Crippen molar-refractivity contribution in [3.8, 4) is 11.8 Å². The fourth-order valence-electron chi connectivity index (χ4n) is 4.04. The molecule has 1 saturated heterocycles. The molecule has 254 valence electrons. The molecule has 4 rings (SSSR count). The molecule has 10 nitrogen and oxygen atoms in total. The van der Waals surface area contributed by atoms with Crippen molar-refractivity contribution in [2.24, 2.45) is 0 Å². The lowest BCUT2D eigenvalue weighted by molar-refractivity contribution is -0.137. The smallest absolute Gasteiger partial charge is 0.400 e. The molecular weight excluding hydrogens is 635 g/mol. The van der Waals surface area contributed by atoms with Crippen LogP contribution in [0.5, 0.6) is 0 Å². The Balaban J connectivity index is 0.000000483. The zero-order valence-electron chi connectivity index (χ0n) is 27.0. The molecule has 1 aliphatic rings. The summed E-state index contributed by atoms with van der Waals surface area (Å²) in [6.07, 6.45) is 0.808. The first-order valence-electron chi connectivity index (χ1n) is 14.5. The van der Waals surface area contributed by atoms with Crippen molar-refractivity contribution in [3.63, 3.8) is 0 Å². The molecule has 0 unspecified atom stereocenters. The zero-order chi connectivity index (χ0) is 35.6. The number of piperidine rings is 1. The molecule has 0 saturated carbocycles. The maximum Gasteiger partial charge on any atom is 0.417 e. The molecule has 1 aromatic heterocycles. The minimum atomic E-state index is -4.52. The number of alkyl halides is 3. The molecular formula is C33H41ClF3N7O3. The van der Waals surface area contributed by atoms with Gasteiger partial charge in [-0.1, -0.05) is 36.6 Å². The van der Waals surface area contributed by atoms with Gasteiger partial charge >= 0.3 is 6.18 Å². The molecule has 0 atom stereocenters. The number of aliphatic hydroxyl groups is 1. The average Bonchev–Trinajstić information content (AvgIpc) is 3.06. The van der Waals surface area contributed by atoms with Crippen molar-refractivity contribution in [1.29, 1.82) is 5.41 Å². The first kappa shape index (κ1) is 40.5. The number of likely N-dealkylation sites (tertiary alicyclic amines) is 1. The SMILES string of the molecule is CCC=O.CNc1ccc(C)c(C#CC(=N)c2c(N)ncnc2NC2CCN(C)CC2)c1.CO.O=Cc1ccc(Cl)c(C(F)(F)F)c1. The number of aldehydes is 2. The van der Waals surface area contributed by atoms with E-state index in [0.717, 1.165) is 68.3 Å². The van der Waals surface area contributed by atoms with Crippen molar-refractivity contribution in [3.05, 3.63) is 75.6 Å². The number of rotatable bonds is 6. The highest BCUT2D eigenvalue weighted by atomic mass is 35.5. The van der Waals surface area contributed by atoms with Gasteiger partial charge in [-0.25, -0.2) is 9.97 Å². The van der Waals surface area contributed by atoms with Gasteiger partial charge in [0, 0.05) is 43.4 Å². The third kappa shape index (κ3) is 13.4. The van der Waals surface area contributed by atoms with Gasteiger partial charge in [0.25, 0.3) is 0 Å². The number of benzene rings is 2. The van der Waals surface area contributed by atoms with E-state index in [-0.39, 0.29) is 17.1 Å². The molecule has 1 aliphatic heterocycles. The molecule has 0 aliphatic carbocycles. The summed E-state index contributed by atoms with van der Waals surface area (Å²) < 4.78 is 36.5. The van der Waals surface area contributed by atoms with Crippen molar-refractivity contribution in [2.45, 2.75) is 45.3 Å². The Morgan fingerprint density at radius 1 is 1.17 bits per heavy atom. The van der Waals surface area contributed by atoms with Gasteiger partial charge in [-0.05, 0) is 75.7 Å². The summed E-state index contributed by atoms with van der Waals surface area (Å²) in [5.74, 6) is 6.87. The third-order valence-corrected chi connectivity index (χ3v) is 6.96. The lowest BCUT2D eigenvalue weighted by atomic mass is 10.0. The largest absolute Gasteiger partial charge is 0.417 e. The van der Waals surface area contributed by atoms with Crippen LogP contribution >= 0.6 is 11.6 Å². The van der Waals surface area contributed by atoms with E-state index >= 15 is 0 Å². The molecule has 2 heterocycles. The van der Waals surface area contributed by atoms with Gasteiger partial charge in [-0.2, -0.15) is 13.2 Å². The van der Waals surface area contributed by atoms with Gasteiger partial charge in [-0.15, -0.1) is 0 Å². The summed E-state index contributed by atoms with van der Waals surface area (Å²) in [5.41, 5.74) is 8.54.